The Morgan fingerprint density at radius 3 is 2.85 bits per heavy atom. The van der Waals surface area contributed by atoms with Gasteiger partial charge in [0.05, 0.1) is 13.0 Å². The highest BCUT2D eigenvalue weighted by Gasteiger charge is 2.27. The summed E-state index contributed by atoms with van der Waals surface area (Å²) in [6.07, 6.45) is 3.55. The van der Waals surface area contributed by atoms with E-state index in [1.165, 1.54) is 7.11 Å². The third-order valence-electron chi connectivity index (χ3n) is 3.73. The Balaban J connectivity index is 1.94. The number of rotatable bonds is 2. The van der Waals surface area contributed by atoms with Crippen LogP contribution in [0.25, 0.3) is 11.4 Å². The van der Waals surface area contributed by atoms with Crippen molar-refractivity contribution in [3.8, 4) is 11.4 Å². The molecule has 0 saturated heterocycles. The average Bonchev–Trinajstić information content (AvgIpc) is 2.90. The highest BCUT2D eigenvalue weighted by atomic mass is 35.5. The molecule has 1 aliphatic rings. The highest BCUT2D eigenvalue weighted by Crippen LogP contribution is 2.28. The molecule has 0 N–H and O–H groups in total. The first-order valence-electron chi connectivity index (χ1n) is 6.57. The van der Waals surface area contributed by atoms with Crippen molar-refractivity contribution in [1.82, 2.24) is 9.55 Å². The van der Waals surface area contributed by atoms with Crippen molar-refractivity contribution in [1.29, 1.82) is 0 Å². The van der Waals surface area contributed by atoms with Crippen molar-refractivity contribution in [3.05, 3.63) is 41.2 Å². The Hall–Kier alpha value is -1.81. The maximum Gasteiger partial charge on any atom is 0.310 e. The van der Waals surface area contributed by atoms with Crippen LogP contribution in [0.5, 0.6) is 0 Å². The summed E-state index contributed by atoms with van der Waals surface area (Å²) in [6.45, 7) is 0.625. The molecule has 2 aromatic rings. The van der Waals surface area contributed by atoms with Gasteiger partial charge in [-0.15, -0.1) is 0 Å². The van der Waals surface area contributed by atoms with Gasteiger partial charge in [-0.3, -0.25) is 4.79 Å². The van der Waals surface area contributed by atoms with E-state index >= 15 is 0 Å². The number of benzene rings is 1. The molecule has 0 spiro atoms. The van der Waals surface area contributed by atoms with E-state index in [9.17, 15) is 4.79 Å². The first-order valence-corrected chi connectivity index (χ1v) is 6.95. The van der Waals surface area contributed by atoms with Gasteiger partial charge in [-0.05, 0) is 37.1 Å². The van der Waals surface area contributed by atoms with Gasteiger partial charge in [0.25, 0.3) is 0 Å². The van der Waals surface area contributed by atoms with Crippen LogP contribution in [0.4, 0.5) is 0 Å². The van der Waals surface area contributed by atoms with E-state index in [1.807, 2.05) is 30.5 Å². The maximum atomic E-state index is 11.7. The summed E-state index contributed by atoms with van der Waals surface area (Å²) in [5.41, 5.74) is 2.17. The van der Waals surface area contributed by atoms with Gasteiger partial charge < -0.3 is 9.30 Å². The fourth-order valence-electron chi connectivity index (χ4n) is 2.64. The minimum atomic E-state index is -0.147. The average molecular weight is 291 g/mol. The maximum absolute atomic E-state index is 11.7. The van der Waals surface area contributed by atoms with E-state index in [1.54, 1.807) is 0 Å². The molecule has 3 rings (SSSR count). The number of imidazole rings is 1. The standard InChI is InChI=1S/C15H15ClN2O2/c1-20-15(19)11-4-7-13-8-17-14(18(13)9-11)10-2-5-12(16)6-3-10/h2-3,5-6,8,11H,4,7,9H2,1H3. The Kier molecular flexibility index (Phi) is 3.49. The molecule has 0 amide bonds. The molecule has 1 aromatic heterocycles. The molecule has 0 aliphatic carbocycles. The van der Waals surface area contributed by atoms with Crippen LogP contribution in [-0.2, 0) is 22.5 Å². The molecule has 1 aliphatic heterocycles. The van der Waals surface area contributed by atoms with Crippen molar-refractivity contribution >= 4 is 17.6 Å². The Bertz CT molecular complexity index is 634. The van der Waals surface area contributed by atoms with Crippen LogP contribution in [0.3, 0.4) is 0 Å². The van der Waals surface area contributed by atoms with Crippen LogP contribution in [0.2, 0.25) is 5.02 Å². The number of methoxy groups -OCH3 is 1. The monoisotopic (exact) mass is 290 g/mol. The van der Waals surface area contributed by atoms with Gasteiger partial charge in [0, 0.05) is 29.0 Å². The third-order valence-corrected chi connectivity index (χ3v) is 3.98. The Labute approximate surface area is 122 Å². The zero-order valence-corrected chi connectivity index (χ0v) is 11.9. The molecule has 1 unspecified atom stereocenters. The van der Waals surface area contributed by atoms with Crippen molar-refractivity contribution < 1.29 is 9.53 Å². The summed E-state index contributed by atoms with van der Waals surface area (Å²) >= 11 is 5.91. The van der Waals surface area contributed by atoms with Gasteiger partial charge in [0.15, 0.2) is 0 Å². The van der Waals surface area contributed by atoms with Gasteiger partial charge in [-0.25, -0.2) is 4.98 Å². The Morgan fingerprint density at radius 2 is 2.15 bits per heavy atom. The first-order chi connectivity index (χ1) is 9.69. The second-order valence-electron chi connectivity index (χ2n) is 4.95. The number of ether oxygens (including phenoxy) is 1. The molecule has 0 saturated carbocycles. The number of halogens is 1. The number of carbonyl (C=O) groups is 1. The van der Waals surface area contributed by atoms with E-state index in [0.29, 0.717) is 11.6 Å². The fourth-order valence-corrected chi connectivity index (χ4v) is 2.76. The molecule has 4 nitrogen and oxygen atoms in total. The smallest absolute Gasteiger partial charge is 0.310 e. The summed E-state index contributed by atoms with van der Waals surface area (Å²) in [6, 6.07) is 7.58. The number of hydrogen-bond acceptors (Lipinski definition) is 3. The van der Waals surface area contributed by atoms with Gasteiger partial charge in [-0.1, -0.05) is 11.6 Å². The van der Waals surface area contributed by atoms with E-state index in [-0.39, 0.29) is 11.9 Å². The molecule has 5 heteroatoms. The van der Waals surface area contributed by atoms with Gasteiger partial charge in [0.2, 0.25) is 0 Å². The van der Waals surface area contributed by atoms with Crippen LogP contribution in [0.1, 0.15) is 12.1 Å². The normalized spacial score (nSPS) is 17.6. The molecule has 0 fully saturated rings. The molecule has 104 valence electrons. The van der Waals surface area contributed by atoms with Crippen LogP contribution in [0.15, 0.2) is 30.5 Å². The molecular weight excluding hydrogens is 276 g/mol. The summed E-state index contributed by atoms with van der Waals surface area (Å²) in [5.74, 6) is 0.643. The molecule has 0 radical (unpaired) electrons. The third kappa shape index (κ3) is 2.31. The topological polar surface area (TPSA) is 44.1 Å². The number of hydrogen-bond donors (Lipinski definition) is 0. The van der Waals surface area contributed by atoms with E-state index in [0.717, 1.165) is 29.9 Å². The number of aryl methyl sites for hydroxylation is 1. The summed E-state index contributed by atoms with van der Waals surface area (Å²) < 4.78 is 6.96. The number of carbonyl (C=O) groups excluding carboxylic acids is 1. The lowest BCUT2D eigenvalue weighted by Crippen LogP contribution is -2.27. The lowest BCUT2D eigenvalue weighted by Gasteiger charge is -2.23. The highest BCUT2D eigenvalue weighted by molar-refractivity contribution is 6.30. The number of fused-ring (bicyclic) bond motifs is 1. The van der Waals surface area contributed by atoms with Gasteiger partial charge in [0.1, 0.15) is 5.82 Å². The molecule has 20 heavy (non-hydrogen) atoms. The number of nitrogens with zero attached hydrogens (tertiary/aromatic N) is 2. The zero-order valence-electron chi connectivity index (χ0n) is 11.2. The Morgan fingerprint density at radius 1 is 1.40 bits per heavy atom. The second-order valence-corrected chi connectivity index (χ2v) is 5.39. The summed E-state index contributed by atoms with van der Waals surface area (Å²) in [5, 5.41) is 0.701. The van der Waals surface area contributed by atoms with Crippen molar-refractivity contribution in [2.24, 2.45) is 5.92 Å². The number of aromatic nitrogens is 2. The largest absolute Gasteiger partial charge is 0.469 e. The van der Waals surface area contributed by atoms with Crippen LogP contribution >= 0.6 is 11.6 Å². The number of esters is 1. The predicted molar refractivity (Wildman–Crippen MR) is 76.5 cm³/mol. The van der Waals surface area contributed by atoms with Gasteiger partial charge in [-0.2, -0.15) is 0 Å². The van der Waals surface area contributed by atoms with Crippen LogP contribution in [0, 0.1) is 5.92 Å². The van der Waals surface area contributed by atoms with Crippen molar-refractivity contribution in [3.63, 3.8) is 0 Å². The molecular formula is C15H15ClN2O2. The lowest BCUT2D eigenvalue weighted by molar-refractivity contribution is -0.146. The minimum absolute atomic E-state index is 0.0900. The molecule has 1 atom stereocenters. The minimum Gasteiger partial charge on any atom is -0.469 e. The quantitative estimate of drug-likeness (QED) is 0.799. The van der Waals surface area contributed by atoms with Crippen molar-refractivity contribution in [2.75, 3.05) is 7.11 Å². The fraction of sp³-hybridized carbons (Fsp3) is 0.333. The summed E-state index contributed by atoms with van der Waals surface area (Å²) in [7, 11) is 1.44. The molecule has 1 aromatic carbocycles. The molecule has 2 heterocycles. The van der Waals surface area contributed by atoms with Crippen LogP contribution in [-0.4, -0.2) is 22.6 Å². The predicted octanol–water partition coefficient (Wildman–Crippen LogP) is 2.94. The van der Waals surface area contributed by atoms with E-state index in [2.05, 4.69) is 9.55 Å². The zero-order chi connectivity index (χ0) is 14.1. The van der Waals surface area contributed by atoms with Crippen LogP contribution < -0.4 is 0 Å². The van der Waals surface area contributed by atoms with Gasteiger partial charge >= 0.3 is 5.97 Å². The molecule has 0 bridgehead atoms. The SMILES string of the molecule is COC(=O)C1CCc2cnc(-c3ccc(Cl)cc3)n2C1. The van der Waals surface area contributed by atoms with E-state index < -0.39 is 0 Å². The van der Waals surface area contributed by atoms with Crippen molar-refractivity contribution in [2.45, 2.75) is 19.4 Å². The summed E-state index contributed by atoms with van der Waals surface area (Å²) in [4.78, 5) is 16.2. The van der Waals surface area contributed by atoms with E-state index in [4.69, 9.17) is 16.3 Å². The lowest BCUT2D eigenvalue weighted by atomic mass is 9.98. The first kappa shape index (κ1) is 13.2. The second kappa shape index (κ2) is 5.29.